The van der Waals surface area contributed by atoms with Crippen LogP contribution in [0, 0.1) is 0 Å². The minimum atomic E-state index is -0.442. The number of H-pyrrole nitrogens is 1. The van der Waals surface area contributed by atoms with Gasteiger partial charge >= 0.3 is 0 Å². The van der Waals surface area contributed by atoms with Crippen molar-refractivity contribution in [1.29, 1.82) is 0 Å². The highest BCUT2D eigenvalue weighted by Gasteiger charge is 2.35. The molecule has 0 saturated carbocycles. The first-order valence-corrected chi connectivity index (χ1v) is 10.8. The number of aromatic amines is 1. The molecule has 5 nitrogen and oxygen atoms in total. The molecule has 1 atom stereocenters. The average Bonchev–Trinajstić information content (AvgIpc) is 3.44. The fourth-order valence-corrected chi connectivity index (χ4v) is 4.54. The lowest BCUT2D eigenvalue weighted by molar-refractivity contribution is -0.116. The maximum atomic E-state index is 13.0. The lowest BCUT2D eigenvalue weighted by Crippen LogP contribution is -2.14. The van der Waals surface area contributed by atoms with E-state index in [1.165, 1.54) is 0 Å². The number of aromatic nitrogens is 2. The number of para-hydroxylation sites is 1. The molecule has 0 radical (unpaired) electrons. The summed E-state index contributed by atoms with van der Waals surface area (Å²) in [5.41, 5.74) is 5.33. The number of anilines is 1. The van der Waals surface area contributed by atoms with E-state index in [0.717, 1.165) is 56.1 Å². The Bertz CT molecular complexity index is 1500. The summed E-state index contributed by atoms with van der Waals surface area (Å²) in [4.78, 5) is 21.5. The Morgan fingerprint density at radius 1 is 0.818 bits per heavy atom. The van der Waals surface area contributed by atoms with E-state index < -0.39 is 5.92 Å². The molecule has 6 rings (SSSR count). The van der Waals surface area contributed by atoms with Gasteiger partial charge in [0.15, 0.2) is 0 Å². The van der Waals surface area contributed by atoms with E-state index in [2.05, 4.69) is 22.4 Å². The molecule has 33 heavy (non-hydrogen) atoms. The van der Waals surface area contributed by atoms with Crippen molar-refractivity contribution in [3.8, 4) is 28.4 Å². The number of imidazole rings is 1. The Labute approximate surface area is 191 Å². The van der Waals surface area contributed by atoms with Gasteiger partial charge in [-0.25, -0.2) is 4.98 Å². The predicted molar refractivity (Wildman–Crippen MR) is 130 cm³/mol. The topological polar surface area (TPSA) is 67.0 Å². The smallest absolute Gasteiger partial charge is 0.238 e. The minimum Gasteiger partial charge on any atom is -0.497 e. The van der Waals surface area contributed by atoms with Crippen LogP contribution in [0.2, 0.25) is 0 Å². The number of hydrogen-bond donors (Lipinski definition) is 2. The molecule has 0 bridgehead atoms. The summed E-state index contributed by atoms with van der Waals surface area (Å²) < 4.78 is 5.34. The van der Waals surface area contributed by atoms with Gasteiger partial charge in [-0.05, 0) is 40.6 Å². The molecule has 2 heterocycles. The van der Waals surface area contributed by atoms with Crippen LogP contribution in [0.1, 0.15) is 17.2 Å². The highest BCUT2D eigenvalue weighted by molar-refractivity contribution is 6.05. The molecule has 0 fully saturated rings. The molecule has 2 N–H and O–H groups in total. The number of hydrogen-bond acceptors (Lipinski definition) is 3. The number of rotatable bonds is 4. The van der Waals surface area contributed by atoms with Crippen LogP contribution in [0.4, 0.5) is 5.69 Å². The van der Waals surface area contributed by atoms with Crippen LogP contribution in [0.25, 0.3) is 33.4 Å². The molecule has 1 amide bonds. The third-order valence-corrected chi connectivity index (χ3v) is 6.18. The first-order valence-electron chi connectivity index (χ1n) is 10.8. The fraction of sp³-hybridized carbons (Fsp3) is 0.0714. The normalized spacial score (nSPS) is 14.8. The van der Waals surface area contributed by atoms with E-state index in [1.54, 1.807) is 7.11 Å². The number of nitrogens with zero attached hydrogens (tertiary/aromatic N) is 1. The molecular formula is C28H21N3O2. The third-order valence-electron chi connectivity index (χ3n) is 6.18. The van der Waals surface area contributed by atoms with Gasteiger partial charge in [0.1, 0.15) is 17.5 Å². The molecule has 0 saturated heterocycles. The summed E-state index contributed by atoms with van der Waals surface area (Å²) in [6.07, 6.45) is 0. The van der Waals surface area contributed by atoms with Gasteiger partial charge in [0.05, 0.1) is 18.5 Å². The number of ether oxygens (including phenoxy) is 1. The highest BCUT2D eigenvalue weighted by Crippen LogP contribution is 2.41. The Morgan fingerprint density at radius 3 is 2.42 bits per heavy atom. The van der Waals surface area contributed by atoms with Crippen LogP contribution in [0.3, 0.4) is 0 Å². The third kappa shape index (κ3) is 3.26. The number of benzene rings is 4. The number of methoxy groups -OCH3 is 1. The van der Waals surface area contributed by atoms with Crippen LogP contribution in [-0.4, -0.2) is 23.0 Å². The molecule has 1 aromatic heterocycles. The highest BCUT2D eigenvalue weighted by atomic mass is 16.5. The molecule has 0 spiro atoms. The SMILES string of the molecule is COc1ccc2cc(-c3nc(-c4ccccc4)c(C4C(=O)Nc5ccccc54)[nH]3)ccc2c1. The second-order valence-electron chi connectivity index (χ2n) is 8.15. The van der Waals surface area contributed by atoms with Gasteiger partial charge in [-0.2, -0.15) is 0 Å². The van der Waals surface area contributed by atoms with Crippen LogP contribution in [-0.2, 0) is 4.79 Å². The largest absolute Gasteiger partial charge is 0.497 e. The Hall–Kier alpha value is -4.38. The average molecular weight is 431 g/mol. The maximum absolute atomic E-state index is 13.0. The Balaban J connectivity index is 1.52. The van der Waals surface area contributed by atoms with Crippen molar-refractivity contribution in [3.05, 3.63) is 102 Å². The molecule has 0 aliphatic carbocycles. The maximum Gasteiger partial charge on any atom is 0.238 e. The zero-order valence-electron chi connectivity index (χ0n) is 18.0. The summed E-state index contributed by atoms with van der Waals surface area (Å²) >= 11 is 0. The van der Waals surface area contributed by atoms with Gasteiger partial charge < -0.3 is 15.0 Å². The lowest BCUT2D eigenvalue weighted by atomic mass is 9.94. The van der Waals surface area contributed by atoms with Crippen molar-refractivity contribution >= 4 is 22.4 Å². The summed E-state index contributed by atoms with van der Waals surface area (Å²) in [5, 5.41) is 5.20. The molecular weight excluding hydrogens is 410 g/mol. The van der Waals surface area contributed by atoms with Crippen molar-refractivity contribution in [2.24, 2.45) is 0 Å². The van der Waals surface area contributed by atoms with Crippen molar-refractivity contribution in [2.75, 3.05) is 12.4 Å². The van der Waals surface area contributed by atoms with E-state index in [4.69, 9.17) is 9.72 Å². The monoisotopic (exact) mass is 431 g/mol. The summed E-state index contributed by atoms with van der Waals surface area (Å²) in [6.45, 7) is 0. The second-order valence-corrected chi connectivity index (χ2v) is 8.15. The van der Waals surface area contributed by atoms with Crippen LogP contribution in [0.5, 0.6) is 5.75 Å². The fourth-order valence-electron chi connectivity index (χ4n) is 4.54. The quantitative estimate of drug-likeness (QED) is 0.367. The lowest BCUT2D eigenvalue weighted by Gasteiger charge is -2.09. The summed E-state index contributed by atoms with van der Waals surface area (Å²) in [7, 11) is 1.67. The number of carbonyl (C=O) groups excluding carboxylic acids is 1. The number of carbonyl (C=O) groups is 1. The minimum absolute atomic E-state index is 0.0470. The summed E-state index contributed by atoms with van der Waals surface area (Å²) in [6, 6.07) is 30.0. The van der Waals surface area contributed by atoms with E-state index in [9.17, 15) is 4.79 Å². The van der Waals surface area contributed by atoms with Crippen molar-refractivity contribution in [2.45, 2.75) is 5.92 Å². The van der Waals surface area contributed by atoms with E-state index in [0.29, 0.717) is 0 Å². The zero-order chi connectivity index (χ0) is 22.4. The van der Waals surface area contributed by atoms with Crippen LogP contribution < -0.4 is 10.1 Å². The summed E-state index contributed by atoms with van der Waals surface area (Å²) in [5.74, 6) is 1.07. The Morgan fingerprint density at radius 2 is 1.58 bits per heavy atom. The molecule has 5 heteroatoms. The van der Waals surface area contributed by atoms with Gasteiger partial charge in [-0.15, -0.1) is 0 Å². The van der Waals surface area contributed by atoms with Crippen molar-refractivity contribution < 1.29 is 9.53 Å². The molecule has 1 aliphatic heterocycles. The van der Waals surface area contributed by atoms with Gasteiger partial charge in [0.25, 0.3) is 0 Å². The van der Waals surface area contributed by atoms with Gasteiger partial charge in [-0.1, -0.05) is 66.7 Å². The van der Waals surface area contributed by atoms with Crippen molar-refractivity contribution in [3.63, 3.8) is 0 Å². The molecule has 1 aliphatic rings. The van der Waals surface area contributed by atoms with Gasteiger partial charge in [0.2, 0.25) is 5.91 Å². The van der Waals surface area contributed by atoms with Gasteiger partial charge in [-0.3, -0.25) is 4.79 Å². The van der Waals surface area contributed by atoms with Crippen molar-refractivity contribution in [1.82, 2.24) is 9.97 Å². The van der Waals surface area contributed by atoms with E-state index in [1.807, 2.05) is 78.9 Å². The molecule has 4 aromatic carbocycles. The second kappa shape index (κ2) is 7.64. The van der Waals surface area contributed by atoms with Gasteiger partial charge in [0, 0.05) is 16.8 Å². The number of fused-ring (bicyclic) bond motifs is 2. The number of nitrogens with one attached hydrogen (secondary N) is 2. The van der Waals surface area contributed by atoms with Crippen LogP contribution >= 0.6 is 0 Å². The van der Waals surface area contributed by atoms with Crippen LogP contribution in [0.15, 0.2) is 91.0 Å². The van der Waals surface area contributed by atoms with E-state index >= 15 is 0 Å². The molecule has 5 aromatic rings. The standard InChI is InChI=1S/C28H21N3O2/c1-33-21-14-13-18-15-20(12-11-19(18)16-21)27-30-25(17-7-3-2-4-8-17)26(31-27)24-22-9-5-6-10-23(22)29-28(24)32/h2-16,24H,1H3,(H,29,32)(H,30,31). The molecule has 1 unspecified atom stereocenters. The Kier molecular flexibility index (Phi) is 4.47. The molecule has 160 valence electrons. The first kappa shape index (κ1) is 19.3. The number of amides is 1. The predicted octanol–water partition coefficient (Wildman–Crippen LogP) is 5.99. The zero-order valence-corrected chi connectivity index (χ0v) is 18.0. The van der Waals surface area contributed by atoms with E-state index in [-0.39, 0.29) is 5.91 Å². The first-order chi connectivity index (χ1) is 16.2.